The van der Waals surface area contributed by atoms with Gasteiger partial charge in [-0.05, 0) is 24.5 Å². The number of rotatable bonds is 4. The molecule has 0 unspecified atom stereocenters. The maximum atomic E-state index is 8.57. The Balaban J connectivity index is 2.03. The van der Waals surface area contributed by atoms with Crippen LogP contribution in [-0.2, 0) is 6.54 Å². The average Bonchev–Trinajstić information content (AvgIpc) is 2.28. The van der Waals surface area contributed by atoms with E-state index in [9.17, 15) is 0 Å². The van der Waals surface area contributed by atoms with Gasteiger partial charge in [0.25, 0.3) is 0 Å². The summed E-state index contributed by atoms with van der Waals surface area (Å²) in [5, 5.41) is 15.6. The number of oxime groups is 1. The molecule has 1 aliphatic carbocycles. The van der Waals surface area contributed by atoms with Gasteiger partial charge in [-0.1, -0.05) is 35.3 Å². The van der Waals surface area contributed by atoms with Gasteiger partial charge in [0, 0.05) is 23.2 Å². The maximum Gasteiger partial charge on any atom is 0.170 e. The van der Waals surface area contributed by atoms with Gasteiger partial charge < -0.3 is 16.3 Å². The molecule has 0 bridgehead atoms. The van der Waals surface area contributed by atoms with Crippen molar-refractivity contribution in [1.82, 2.24) is 5.32 Å². The van der Waals surface area contributed by atoms with E-state index in [2.05, 4.69) is 10.5 Å². The van der Waals surface area contributed by atoms with Crippen LogP contribution in [0.1, 0.15) is 30.4 Å². The second-order valence-corrected chi connectivity index (χ2v) is 4.71. The summed E-state index contributed by atoms with van der Waals surface area (Å²) in [6.45, 7) is 0.764. The first-order chi connectivity index (χ1) is 8.20. The minimum absolute atomic E-state index is 0.0744. The zero-order chi connectivity index (χ0) is 12.3. The first kappa shape index (κ1) is 12.2. The highest BCUT2D eigenvalue weighted by Crippen LogP contribution is 2.21. The van der Waals surface area contributed by atoms with Crippen molar-refractivity contribution in [2.24, 2.45) is 10.9 Å². The van der Waals surface area contributed by atoms with Gasteiger partial charge in [0.05, 0.1) is 0 Å². The molecule has 2 rings (SSSR count). The van der Waals surface area contributed by atoms with Crippen LogP contribution in [0, 0.1) is 0 Å². The molecule has 0 spiro atoms. The van der Waals surface area contributed by atoms with E-state index >= 15 is 0 Å². The molecular formula is C12H16ClN3O. The lowest BCUT2D eigenvalue weighted by Crippen LogP contribution is -2.34. The van der Waals surface area contributed by atoms with Crippen LogP contribution in [0.5, 0.6) is 0 Å². The largest absolute Gasteiger partial charge is 0.409 e. The number of benzene rings is 1. The van der Waals surface area contributed by atoms with E-state index in [0.29, 0.717) is 16.6 Å². The molecule has 17 heavy (non-hydrogen) atoms. The second kappa shape index (κ2) is 5.38. The van der Waals surface area contributed by atoms with Crippen LogP contribution >= 0.6 is 11.6 Å². The van der Waals surface area contributed by atoms with Crippen molar-refractivity contribution in [1.29, 1.82) is 0 Å². The summed E-state index contributed by atoms with van der Waals surface area (Å²) in [5.41, 5.74) is 7.16. The summed E-state index contributed by atoms with van der Waals surface area (Å²) in [6.07, 6.45) is 3.81. The van der Waals surface area contributed by atoms with Crippen LogP contribution in [0.4, 0.5) is 0 Å². The first-order valence-electron chi connectivity index (χ1n) is 5.70. The molecule has 0 saturated heterocycles. The number of nitrogens with two attached hydrogens (primary N) is 1. The van der Waals surface area contributed by atoms with Gasteiger partial charge in [0.15, 0.2) is 5.84 Å². The van der Waals surface area contributed by atoms with Crippen LogP contribution in [0.3, 0.4) is 0 Å². The van der Waals surface area contributed by atoms with Gasteiger partial charge in [-0.25, -0.2) is 0 Å². The van der Waals surface area contributed by atoms with E-state index in [1.807, 2.05) is 6.07 Å². The fourth-order valence-electron chi connectivity index (χ4n) is 1.77. The predicted molar refractivity (Wildman–Crippen MR) is 68.4 cm³/mol. The Labute approximate surface area is 105 Å². The van der Waals surface area contributed by atoms with Gasteiger partial charge in [0.2, 0.25) is 0 Å². The molecule has 1 aromatic rings. The van der Waals surface area contributed by atoms with Crippen molar-refractivity contribution in [3.05, 3.63) is 34.3 Å². The van der Waals surface area contributed by atoms with E-state index in [0.717, 1.165) is 12.1 Å². The quantitative estimate of drug-likeness (QED) is 0.333. The van der Waals surface area contributed by atoms with Gasteiger partial charge in [-0.3, -0.25) is 0 Å². The Morgan fingerprint density at radius 2 is 2.29 bits per heavy atom. The van der Waals surface area contributed by atoms with Gasteiger partial charge in [-0.15, -0.1) is 0 Å². The Hall–Kier alpha value is -1.26. The summed E-state index contributed by atoms with van der Waals surface area (Å²) in [7, 11) is 0. The predicted octanol–water partition coefficient (Wildman–Crippen LogP) is 2.08. The minimum atomic E-state index is 0.0744. The number of halogens is 1. The summed E-state index contributed by atoms with van der Waals surface area (Å²) >= 11 is 6.14. The number of hydrogen-bond donors (Lipinski definition) is 3. The Morgan fingerprint density at radius 3 is 2.82 bits per heavy atom. The van der Waals surface area contributed by atoms with Crippen LogP contribution in [-0.4, -0.2) is 17.1 Å². The summed E-state index contributed by atoms with van der Waals surface area (Å²) < 4.78 is 0. The van der Waals surface area contributed by atoms with E-state index in [-0.39, 0.29) is 5.84 Å². The number of nitrogens with one attached hydrogen (secondary N) is 1. The molecule has 0 atom stereocenters. The SMILES string of the molecule is N/C(=N/O)c1ccc(CNC2CCC2)c(Cl)c1. The lowest BCUT2D eigenvalue weighted by molar-refractivity contribution is 0.318. The topological polar surface area (TPSA) is 70.6 Å². The molecule has 0 aromatic heterocycles. The molecule has 92 valence electrons. The van der Waals surface area contributed by atoms with Crippen LogP contribution in [0.15, 0.2) is 23.4 Å². The number of hydrogen-bond acceptors (Lipinski definition) is 3. The number of nitrogens with zero attached hydrogens (tertiary/aromatic N) is 1. The molecule has 4 N–H and O–H groups in total. The van der Waals surface area contributed by atoms with E-state index in [1.165, 1.54) is 19.3 Å². The molecule has 1 fully saturated rings. The Bertz CT molecular complexity index is 430. The highest BCUT2D eigenvalue weighted by molar-refractivity contribution is 6.31. The molecule has 4 nitrogen and oxygen atoms in total. The molecule has 1 aliphatic rings. The molecular weight excluding hydrogens is 238 g/mol. The molecule has 0 radical (unpaired) electrons. The number of amidine groups is 1. The fraction of sp³-hybridized carbons (Fsp3) is 0.417. The smallest absolute Gasteiger partial charge is 0.170 e. The van der Waals surface area contributed by atoms with E-state index in [4.69, 9.17) is 22.5 Å². The molecule has 0 amide bonds. The maximum absolute atomic E-state index is 8.57. The lowest BCUT2D eigenvalue weighted by atomic mass is 9.93. The zero-order valence-corrected chi connectivity index (χ0v) is 10.2. The Kier molecular flexibility index (Phi) is 3.86. The zero-order valence-electron chi connectivity index (χ0n) is 9.49. The van der Waals surface area contributed by atoms with Crippen LogP contribution in [0.25, 0.3) is 0 Å². The summed E-state index contributed by atoms with van der Waals surface area (Å²) in [5.74, 6) is 0.0744. The van der Waals surface area contributed by atoms with Crippen molar-refractivity contribution in [2.45, 2.75) is 31.8 Å². The third-order valence-electron chi connectivity index (χ3n) is 3.14. The standard InChI is InChI=1S/C12H16ClN3O/c13-11-6-8(12(14)16-17)4-5-9(11)7-15-10-2-1-3-10/h4-6,10,15,17H,1-3,7H2,(H2,14,16). The van der Waals surface area contributed by atoms with Crippen molar-refractivity contribution < 1.29 is 5.21 Å². The molecule has 1 saturated carbocycles. The second-order valence-electron chi connectivity index (χ2n) is 4.30. The fourth-order valence-corrected chi connectivity index (χ4v) is 2.02. The van der Waals surface area contributed by atoms with E-state index < -0.39 is 0 Å². The molecule has 0 aliphatic heterocycles. The van der Waals surface area contributed by atoms with Crippen molar-refractivity contribution >= 4 is 17.4 Å². The average molecular weight is 254 g/mol. The third-order valence-corrected chi connectivity index (χ3v) is 3.49. The van der Waals surface area contributed by atoms with Crippen molar-refractivity contribution in [2.75, 3.05) is 0 Å². The summed E-state index contributed by atoms with van der Waals surface area (Å²) in [6, 6.07) is 6.06. The minimum Gasteiger partial charge on any atom is -0.409 e. The lowest BCUT2D eigenvalue weighted by Gasteiger charge is -2.26. The monoisotopic (exact) mass is 253 g/mol. The van der Waals surface area contributed by atoms with Crippen LogP contribution < -0.4 is 11.1 Å². The van der Waals surface area contributed by atoms with Crippen molar-refractivity contribution in [3.8, 4) is 0 Å². The van der Waals surface area contributed by atoms with Gasteiger partial charge in [-0.2, -0.15) is 0 Å². The highest BCUT2D eigenvalue weighted by Gasteiger charge is 2.16. The molecule has 0 heterocycles. The van der Waals surface area contributed by atoms with Crippen LogP contribution in [0.2, 0.25) is 5.02 Å². The van der Waals surface area contributed by atoms with Crippen molar-refractivity contribution in [3.63, 3.8) is 0 Å². The first-order valence-corrected chi connectivity index (χ1v) is 6.08. The van der Waals surface area contributed by atoms with Gasteiger partial charge >= 0.3 is 0 Å². The molecule has 5 heteroatoms. The summed E-state index contributed by atoms with van der Waals surface area (Å²) in [4.78, 5) is 0. The van der Waals surface area contributed by atoms with Gasteiger partial charge in [0.1, 0.15) is 0 Å². The third kappa shape index (κ3) is 2.90. The Morgan fingerprint density at radius 1 is 1.53 bits per heavy atom. The normalized spacial score (nSPS) is 16.9. The molecule has 1 aromatic carbocycles. The van der Waals surface area contributed by atoms with E-state index in [1.54, 1.807) is 12.1 Å². The highest BCUT2D eigenvalue weighted by atomic mass is 35.5.